The first-order valence-electron chi connectivity index (χ1n) is 8.63. The van der Waals surface area contributed by atoms with Gasteiger partial charge >= 0.3 is 13.2 Å². The van der Waals surface area contributed by atoms with E-state index < -0.39 is 29.2 Å². The van der Waals surface area contributed by atoms with Gasteiger partial charge in [0.05, 0.1) is 36.5 Å². The van der Waals surface area contributed by atoms with Gasteiger partial charge < -0.3 is 19.0 Å². The molecule has 0 aliphatic rings. The molecule has 31 heavy (non-hydrogen) atoms. The summed E-state index contributed by atoms with van der Waals surface area (Å²) in [6.45, 7) is -4.73. The highest BCUT2D eigenvalue weighted by molar-refractivity contribution is 7.84. The van der Waals surface area contributed by atoms with Gasteiger partial charge in [-0.2, -0.15) is 17.6 Å². The van der Waals surface area contributed by atoms with Gasteiger partial charge in [-0.1, -0.05) is 6.07 Å². The van der Waals surface area contributed by atoms with E-state index in [2.05, 4.69) is 19.5 Å². The number of aryl methyl sites for hydroxylation is 1. The number of hydrogen-bond donors (Lipinski definition) is 0. The lowest BCUT2D eigenvalue weighted by atomic mass is 10.2. The van der Waals surface area contributed by atoms with E-state index in [0.717, 1.165) is 0 Å². The maximum atomic E-state index is 13.0. The molecule has 1 atom stereocenters. The van der Waals surface area contributed by atoms with E-state index in [0.29, 0.717) is 16.0 Å². The van der Waals surface area contributed by atoms with Gasteiger partial charge in [-0.05, 0) is 19.1 Å². The van der Waals surface area contributed by atoms with Gasteiger partial charge in [-0.25, -0.2) is 4.98 Å². The Balaban J connectivity index is 2.08. The monoisotopic (exact) mass is 463 g/mol. The van der Waals surface area contributed by atoms with Crippen LogP contribution in [0.2, 0.25) is 0 Å². The number of halogens is 4. The molecule has 3 rings (SSSR count). The van der Waals surface area contributed by atoms with Gasteiger partial charge in [0.25, 0.3) is 0 Å². The van der Waals surface area contributed by atoms with Crippen molar-refractivity contribution < 1.29 is 40.8 Å². The number of methoxy groups -OCH3 is 2. The number of imidazole rings is 1. The number of fused-ring (bicyclic) bond motifs is 1. The first kappa shape index (κ1) is 22.6. The molecule has 1 unspecified atom stereocenters. The smallest absolute Gasteiger partial charge is 0.405 e. The van der Waals surface area contributed by atoms with Gasteiger partial charge in [0.15, 0.2) is 17.2 Å². The van der Waals surface area contributed by atoms with Crippen molar-refractivity contribution in [1.82, 2.24) is 14.7 Å². The first-order valence-corrected chi connectivity index (χ1v) is 9.95. The standard InChI is InChI=1S/C18H17F4N3O5S/c1-9-7-23-10(15(28-3)14(9)27-2)8-31(26)18-24-13-11(25(18)30-17(21)22)5-4-6-12(13)29-16(19)20/h4-7,16-17H,8H2,1-3H3. The van der Waals surface area contributed by atoms with Crippen molar-refractivity contribution in [1.29, 1.82) is 0 Å². The molecule has 0 amide bonds. The minimum atomic E-state index is -3.29. The van der Waals surface area contributed by atoms with E-state index in [1.165, 1.54) is 38.6 Å². The quantitative estimate of drug-likeness (QED) is 0.450. The topological polar surface area (TPSA) is 84.7 Å². The third kappa shape index (κ3) is 4.65. The van der Waals surface area contributed by atoms with E-state index in [1.807, 2.05) is 0 Å². The van der Waals surface area contributed by atoms with Gasteiger partial charge in [0.1, 0.15) is 11.0 Å². The summed E-state index contributed by atoms with van der Waals surface area (Å²) < 4.78 is 79.9. The number of rotatable bonds is 9. The van der Waals surface area contributed by atoms with Crippen LogP contribution < -0.4 is 19.0 Å². The number of para-hydroxylation sites is 1. The molecule has 0 spiro atoms. The van der Waals surface area contributed by atoms with Crippen LogP contribution in [0.15, 0.2) is 29.6 Å². The summed E-state index contributed by atoms with van der Waals surface area (Å²) in [5.74, 6) is -0.0969. The number of nitrogens with zero attached hydrogens (tertiary/aromatic N) is 3. The first-order chi connectivity index (χ1) is 14.8. The van der Waals surface area contributed by atoms with Gasteiger partial charge in [-0.3, -0.25) is 9.19 Å². The second kappa shape index (κ2) is 9.37. The van der Waals surface area contributed by atoms with Crippen molar-refractivity contribution in [3.8, 4) is 17.2 Å². The van der Waals surface area contributed by atoms with E-state index in [1.54, 1.807) is 6.92 Å². The Hall–Kier alpha value is -3.09. The lowest BCUT2D eigenvalue weighted by molar-refractivity contribution is -0.136. The molecule has 1 aromatic carbocycles. The molecule has 0 N–H and O–H groups in total. The number of benzene rings is 1. The zero-order chi connectivity index (χ0) is 22.7. The molecular formula is C18H17F4N3O5S. The van der Waals surface area contributed by atoms with Gasteiger partial charge in [0, 0.05) is 11.8 Å². The Morgan fingerprint density at radius 1 is 1.10 bits per heavy atom. The maximum Gasteiger partial charge on any atom is 0.405 e. The SMILES string of the molecule is COc1c(C)cnc(CS(=O)c2nc3c(OC(F)F)cccc3n2OC(F)F)c1OC. The average molecular weight is 463 g/mol. The van der Waals surface area contributed by atoms with Crippen molar-refractivity contribution in [2.75, 3.05) is 14.2 Å². The average Bonchev–Trinajstić information content (AvgIpc) is 3.07. The third-order valence-corrected chi connectivity index (χ3v) is 5.30. The summed E-state index contributed by atoms with van der Waals surface area (Å²) >= 11 is 0. The zero-order valence-corrected chi connectivity index (χ0v) is 17.3. The minimum absolute atomic E-state index is 0.122. The Labute approximate surface area is 176 Å². The summed E-state index contributed by atoms with van der Waals surface area (Å²) in [4.78, 5) is 12.6. The Kier molecular flexibility index (Phi) is 6.83. The summed E-state index contributed by atoms with van der Waals surface area (Å²) in [7, 11) is 0.700. The van der Waals surface area contributed by atoms with Crippen LogP contribution in [0.1, 0.15) is 11.3 Å². The molecule has 0 saturated heterocycles. The number of pyridine rings is 1. The maximum absolute atomic E-state index is 13.0. The minimum Gasteiger partial charge on any atom is -0.492 e. The highest BCUT2D eigenvalue weighted by Gasteiger charge is 2.25. The molecular weight excluding hydrogens is 446 g/mol. The number of alkyl halides is 4. The van der Waals surface area contributed by atoms with Gasteiger partial charge in [0.2, 0.25) is 5.16 Å². The predicted octanol–water partition coefficient (Wildman–Crippen LogP) is 3.32. The largest absolute Gasteiger partial charge is 0.492 e. The molecule has 0 radical (unpaired) electrons. The molecule has 3 aromatic rings. The number of hydrogen-bond acceptors (Lipinski definition) is 7. The lowest BCUT2D eigenvalue weighted by Crippen LogP contribution is -2.20. The molecule has 8 nitrogen and oxygen atoms in total. The van der Waals surface area contributed by atoms with Gasteiger partial charge in [-0.15, -0.1) is 4.73 Å². The Morgan fingerprint density at radius 2 is 1.81 bits per heavy atom. The number of ether oxygens (including phenoxy) is 3. The second-order valence-electron chi connectivity index (χ2n) is 6.00. The fourth-order valence-electron chi connectivity index (χ4n) is 2.90. The Bertz CT molecular complexity index is 1110. The van der Waals surface area contributed by atoms with E-state index >= 15 is 0 Å². The summed E-state index contributed by atoms with van der Waals surface area (Å²) in [6, 6.07) is 3.75. The van der Waals surface area contributed by atoms with Crippen molar-refractivity contribution >= 4 is 21.8 Å². The summed E-state index contributed by atoms with van der Waals surface area (Å²) in [6.07, 6.45) is 1.47. The van der Waals surface area contributed by atoms with Crippen LogP contribution in [0.4, 0.5) is 17.6 Å². The molecule has 2 heterocycles. The van der Waals surface area contributed by atoms with Crippen LogP contribution in [-0.2, 0) is 16.6 Å². The van der Waals surface area contributed by atoms with Crippen LogP contribution in [0.3, 0.4) is 0 Å². The highest BCUT2D eigenvalue weighted by Crippen LogP contribution is 2.34. The van der Waals surface area contributed by atoms with Crippen molar-refractivity contribution in [2.45, 2.75) is 31.1 Å². The lowest BCUT2D eigenvalue weighted by Gasteiger charge is -2.14. The fraction of sp³-hybridized carbons (Fsp3) is 0.333. The Morgan fingerprint density at radius 3 is 2.42 bits per heavy atom. The van der Waals surface area contributed by atoms with E-state index in [4.69, 9.17) is 9.47 Å². The van der Waals surface area contributed by atoms with Crippen molar-refractivity contribution in [3.05, 3.63) is 35.7 Å². The van der Waals surface area contributed by atoms with Crippen LogP contribution in [0.5, 0.6) is 17.2 Å². The van der Waals surface area contributed by atoms with Crippen LogP contribution in [0, 0.1) is 6.92 Å². The molecule has 0 fully saturated rings. The molecule has 0 aliphatic carbocycles. The molecule has 2 aromatic heterocycles. The fourth-order valence-corrected chi connectivity index (χ4v) is 4.01. The number of aromatic nitrogens is 3. The van der Waals surface area contributed by atoms with Crippen LogP contribution in [-0.4, -0.2) is 46.3 Å². The summed E-state index contributed by atoms with van der Waals surface area (Å²) in [5.41, 5.74) is 0.537. The van der Waals surface area contributed by atoms with Crippen LogP contribution in [0.25, 0.3) is 11.0 Å². The summed E-state index contributed by atoms with van der Waals surface area (Å²) in [5, 5.41) is -0.441. The second-order valence-corrected chi connectivity index (χ2v) is 7.35. The third-order valence-electron chi connectivity index (χ3n) is 4.10. The van der Waals surface area contributed by atoms with Crippen molar-refractivity contribution in [2.24, 2.45) is 0 Å². The highest BCUT2D eigenvalue weighted by atomic mass is 32.2. The van der Waals surface area contributed by atoms with Crippen LogP contribution >= 0.6 is 0 Å². The molecule has 0 aliphatic heterocycles. The normalized spacial score (nSPS) is 12.4. The molecule has 0 bridgehead atoms. The molecule has 168 valence electrons. The molecule has 0 saturated carbocycles. The molecule has 13 heteroatoms. The van der Waals surface area contributed by atoms with Crippen molar-refractivity contribution in [3.63, 3.8) is 0 Å². The van der Waals surface area contributed by atoms with E-state index in [9.17, 15) is 21.8 Å². The van der Waals surface area contributed by atoms with E-state index in [-0.39, 0.29) is 34.0 Å². The predicted molar refractivity (Wildman–Crippen MR) is 101 cm³/mol. The zero-order valence-electron chi connectivity index (χ0n) is 16.5.